The predicted molar refractivity (Wildman–Crippen MR) is 73.3 cm³/mol. The van der Waals surface area contributed by atoms with Gasteiger partial charge in [0.2, 0.25) is 0 Å². The van der Waals surface area contributed by atoms with Gasteiger partial charge in [-0.15, -0.1) is 11.3 Å². The molecule has 1 heterocycles. The zero-order valence-electron chi connectivity index (χ0n) is 9.83. The monoisotopic (exact) mass is 350 g/mol. The fourth-order valence-electron chi connectivity index (χ4n) is 1.60. The summed E-state index contributed by atoms with van der Waals surface area (Å²) < 4.78 is 38.5. The van der Waals surface area contributed by atoms with E-state index in [0.29, 0.717) is 10.2 Å². The van der Waals surface area contributed by atoms with E-state index in [1.54, 1.807) is 17.8 Å². The van der Waals surface area contributed by atoms with Crippen molar-refractivity contribution in [3.05, 3.63) is 44.8 Å². The second kappa shape index (κ2) is 5.50. The third-order valence-corrected chi connectivity index (χ3v) is 3.90. The van der Waals surface area contributed by atoms with Crippen LogP contribution in [0.15, 0.2) is 34.4 Å². The number of nitrogens with zero attached hydrogens (tertiary/aromatic N) is 1. The fraction of sp³-hybridized carbons (Fsp3) is 0.250. The number of hydrogen-bond donors (Lipinski definition) is 1. The average molecular weight is 351 g/mol. The third-order valence-electron chi connectivity index (χ3n) is 2.49. The van der Waals surface area contributed by atoms with E-state index in [2.05, 4.69) is 26.2 Å². The van der Waals surface area contributed by atoms with E-state index >= 15 is 0 Å². The summed E-state index contributed by atoms with van der Waals surface area (Å²) >= 11 is 4.55. The number of nitrogens with one attached hydrogen (secondary N) is 1. The van der Waals surface area contributed by atoms with Gasteiger partial charge in [-0.3, -0.25) is 4.98 Å². The summed E-state index contributed by atoms with van der Waals surface area (Å²) in [6.07, 6.45) is -2.65. The van der Waals surface area contributed by atoms with Crippen LogP contribution in [-0.4, -0.2) is 4.98 Å². The highest BCUT2D eigenvalue weighted by atomic mass is 79.9. The van der Waals surface area contributed by atoms with E-state index in [9.17, 15) is 13.2 Å². The summed E-state index contributed by atoms with van der Waals surface area (Å²) in [6, 6.07) is 3.68. The minimum Gasteiger partial charge on any atom is -0.378 e. The van der Waals surface area contributed by atoms with Crippen LogP contribution in [0.4, 0.5) is 18.9 Å². The zero-order valence-corrected chi connectivity index (χ0v) is 12.2. The van der Waals surface area contributed by atoms with Gasteiger partial charge >= 0.3 is 6.18 Å². The molecule has 0 radical (unpaired) electrons. The number of benzene rings is 1. The molecule has 1 aromatic carbocycles. The van der Waals surface area contributed by atoms with Crippen LogP contribution in [0.1, 0.15) is 23.4 Å². The molecule has 0 fully saturated rings. The quantitative estimate of drug-likeness (QED) is 0.833. The molecule has 1 aromatic heterocycles. The van der Waals surface area contributed by atoms with Gasteiger partial charge < -0.3 is 5.32 Å². The second-order valence-electron chi connectivity index (χ2n) is 4.00. The molecule has 2 aromatic rings. The van der Waals surface area contributed by atoms with Crippen LogP contribution >= 0.6 is 27.3 Å². The number of hydrogen-bond acceptors (Lipinski definition) is 3. The number of aromatic nitrogens is 1. The highest BCUT2D eigenvalue weighted by Gasteiger charge is 2.31. The van der Waals surface area contributed by atoms with Crippen LogP contribution in [-0.2, 0) is 6.18 Å². The Morgan fingerprint density at radius 2 is 2.05 bits per heavy atom. The number of halogens is 4. The lowest BCUT2D eigenvalue weighted by Crippen LogP contribution is -2.08. The maximum atomic E-state index is 12.7. The molecule has 2 nitrogen and oxygen atoms in total. The van der Waals surface area contributed by atoms with Crippen LogP contribution in [0.25, 0.3) is 0 Å². The number of alkyl halides is 3. The fourth-order valence-corrected chi connectivity index (χ4v) is 2.72. The molecule has 1 unspecified atom stereocenters. The van der Waals surface area contributed by atoms with Crippen LogP contribution in [0.3, 0.4) is 0 Å². The molecule has 19 heavy (non-hydrogen) atoms. The highest BCUT2D eigenvalue weighted by Crippen LogP contribution is 2.34. The van der Waals surface area contributed by atoms with Gasteiger partial charge in [-0.25, -0.2) is 0 Å². The van der Waals surface area contributed by atoms with E-state index in [-0.39, 0.29) is 6.04 Å². The maximum Gasteiger partial charge on any atom is 0.416 e. The molecular formula is C12H10BrF3N2S. The van der Waals surface area contributed by atoms with Gasteiger partial charge in [0.1, 0.15) is 0 Å². The summed E-state index contributed by atoms with van der Waals surface area (Å²) in [4.78, 5) is 4.91. The largest absolute Gasteiger partial charge is 0.416 e. The van der Waals surface area contributed by atoms with Gasteiger partial charge in [-0.2, -0.15) is 13.2 Å². The number of thiazole rings is 1. The molecular weight excluding hydrogens is 341 g/mol. The van der Waals surface area contributed by atoms with E-state index in [0.717, 1.165) is 17.0 Å². The molecule has 102 valence electrons. The molecule has 7 heteroatoms. The van der Waals surface area contributed by atoms with Gasteiger partial charge in [0.25, 0.3) is 0 Å². The molecule has 2 rings (SSSR count). The molecule has 0 amide bonds. The molecule has 0 spiro atoms. The van der Waals surface area contributed by atoms with E-state index < -0.39 is 11.7 Å². The standard InChI is InChI=1S/C12H10BrF3N2S/c1-7(11-5-17-6-19-11)18-10-3-8(12(14,15)16)2-9(13)4-10/h2-7,18H,1H3. The van der Waals surface area contributed by atoms with Gasteiger partial charge in [-0.05, 0) is 25.1 Å². The van der Waals surface area contributed by atoms with Crippen molar-refractivity contribution in [2.75, 3.05) is 5.32 Å². The first-order chi connectivity index (χ1) is 8.86. The Balaban J connectivity index is 2.23. The maximum absolute atomic E-state index is 12.7. The van der Waals surface area contributed by atoms with Crippen molar-refractivity contribution >= 4 is 33.0 Å². The van der Waals surface area contributed by atoms with Crippen molar-refractivity contribution in [2.45, 2.75) is 19.1 Å². The molecule has 0 bridgehead atoms. The lowest BCUT2D eigenvalue weighted by molar-refractivity contribution is -0.137. The lowest BCUT2D eigenvalue weighted by atomic mass is 10.2. The normalized spacial score (nSPS) is 13.3. The van der Waals surface area contributed by atoms with Crippen molar-refractivity contribution in [3.8, 4) is 0 Å². The highest BCUT2D eigenvalue weighted by molar-refractivity contribution is 9.10. The first-order valence-corrected chi connectivity index (χ1v) is 7.06. The summed E-state index contributed by atoms with van der Waals surface area (Å²) in [6.45, 7) is 1.88. The Morgan fingerprint density at radius 1 is 1.32 bits per heavy atom. The summed E-state index contributed by atoms with van der Waals surface area (Å²) in [5, 5.41) is 3.04. The van der Waals surface area contributed by atoms with Gasteiger partial charge in [-0.1, -0.05) is 15.9 Å². The van der Waals surface area contributed by atoms with Crippen molar-refractivity contribution in [2.24, 2.45) is 0 Å². The van der Waals surface area contributed by atoms with Crippen molar-refractivity contribution in [1.82, 2.24) is 4.98 Å². The number of rotatable bonds is 3. The summed E-state index contributed by atoms with van der Waals surface area (Å²) in [5.74, 6) is 0. The Morgan fingerprint density at radius 3 is 2.63 bits per heavy atom. The van der Waals surface area contributed by atoms with Crippen LogP contribution in [0.2, 0.25) is 0 Å². The lowest BCUT2D eigenvalue weighted by Gasteiger charge is -2.15. The van der Waals surface area contributed by atoms with E-state index in [1.165, 1.54) is 11.3 Å². The second-order valence-corrected chi connectivity index (χ2v) is 5.83. The molecule has 0 saturated carbocycles. The average Bonchev–Trinajstić information content (AvgIpc) is 2.80. The van der Waals surface area contributed by atoms with Gasteiger partial charge in [0.05, 0.1) is 17.1 Å². The molecule has 1 atom stereocenters. The smallest absolute Gasteiger partial charge is 0.378 e. The van der Waals surface area contributed by atoms with Crippen molar-refractivity contribution in [3.63, 3.8) is 0 Å². The first kappa shape index (κ1) is 14.3. The molecule has 0 saturated heterocycles. The molecule has 0 aliphatic heterocycles. The Bertz CT molecular complexity index is 555. The zero-order chi connectivity index (χ0) is 14.0. The van der Waals surface area contributed by atoms with Gasteiger partial charge in [0, 0.05) is 21.2 Å². The van der Waals surface area contributed by atoms with Crippen molar-refractivity contribution in [1.29, 1.82) is 0 Å². The SMILES string of the molecule is CC(Nc1cc(Br)cc(C(F)(F)F)c1)c1cncs1. The van der Waals surface area contributed by atoms with E-state index in [1.807, 2.05) is 6.92 Å². The summed E-state index contributed by atoms with van der Waals surface area (Å²) in [7, 11) is 0. The molecule has 0 aliphatic carbocycles. The summed E-state index contributed by atoms with van der Waals surface area (Å²) in [5.41, 5.74) is 1.43. The first-order valence-electron chi connectivity index (χ1n) is 5.39. The van der Waals surface area contributed by atoms with Crippen molar-refractivity contribution < 1.29 is 13.2 Å². The topological polar surface area (TPSA) is 24.9 Å². The van der Waals surface area contributed by atoms with Crippen LogP contribution in [0.5, 0.6) is 0 Å². The molecule has 1 N–H and O–H groups in total. The predicted octanol–water partition coefficient (Wildman–Crippen LogP) is 5.10. The van der Waals surface area contributed by atoms with Crippen LogP contribution < -0.4 is 5.32 Å². The third kappa shape index (κ3) is 3.70. The Labute approximate surface area is 120 Å². The Hall–Kier alpha value is -1.08. The number of anilines is 1. The Kier molecular flexibility index (Phi) is 4.15. The van der Waals surface area contributed by atoms with E-state index in [4.69, 9.17) is 0 Å². The minimum atomic E-state index is -4.35. The van der Waals surface area contributed by atoms with Crippen LogP contribution in [0, 0.1) is 0 Å². The molecule has 0 aliphatic rings. The minimum absolute atomic E-state index is 0.0946. The van der Waals surface area contributed by atoms with Gasteiger partial charge in [0.15, 0.2) is 0 Å².